The van der Waals surface area contributed by atoms with Crippen LogP contribution in [0, 0.1) is 0 Å². The number of oxazole rings is 1. The number of carboxylic acid groups (broad SMARTS) is 1. The monoisotopic (exact) mass is 352 g/mol. The molecule has 11 heteroatoms. The van der Waals surface area contributed by atoms with Gasteiger partial charge in [0.05, 0.1) is 0 Å². The van der Waals surface area contributed by atoms with E-state index in [0.29, 0.717) is 11.7 Å². The molecular weight excluding hydrogens is 333 g/mol. The number of amides is 1. The molecular formula is C13H19F3N4O4. The van der Waals surface area contributed by atoms with Gasteiger partial charge < -0.3 is 24.6 Å². The second-order valence-electron chi connectivity index (χ2n) is 5.11. The quantitative estimate of drug-likeness (QED) is 0.813. The van der Waals surface area contributed by atoms with Crippen molar-refractivity contribution in [3.05, 3.63) is 12.0 Å². The van der Waals surface area contributed by atoms with Crippen LogP contribution in [-0.2, 0) is 4.79 Å². The Morgan fingerprint density at radius 1 is 1.33 bits per heavy atom. The van der Waals surface area contributed by atoms with Crippen molar-refractivity contribution < 1.29 is 32.3 Å². The maximum absolute atomic E-state index is 11.7. The first-order chi connectivity index (χ1) is 11.1. The Kier molecular flexibility index (Phi) is 7.01. The highest BCUT2D eigenvalue weighted by Gasteiger charge is 2.38. The molecule has 24 heavy (non-hydrogen) atoms. The van der Waals surface area contributed by atoms with Crippen molar-refractivity contribution in [1.29, 1.82) is 0 Å². The van der Waals surface area contributed by atoms with Gasteiger partial charge in [-0.15, -0.1) is 0 Å². The fourth-order valence-corrected chi connectivity index (χ4v) is 1.77. The predicted molar refractivity (Wildman–Crippen MR) is 77.9 cm³/mol. The second-order valence-corrected chi connectivity index (χ2v) is 5.11. The van der Waals surface area contributed by atoms with Gasteiger partial charge in [-0.3, -0.25) is 4.79 Å². The van der Waals surface area contributed by atoms with Gasteiger partial charge in [0.15, 0.2) is 5.69 Å². The number of carboxylic acids is 1. The third-order valence-corrected chi connectivity index (χ3v) is 2.97. The number of alkyl halides is 3. The number of carbonyl (C=O) groups is 2. The van der Waals surface area contributed by atoms with Crippen LogP contribution in [0.5, 0.6) is 0 Å². The second kappa shape index (κ2) is 8.52. The Hall–Kier alpha value is -2.30. The van der Waals surface area contributed by atoms with Crippen LogP contribution >= 0.6 is 0 Å². The average molecular weight is 352 g/mol. The average Bonchev–Trinajstić information content (AvgIpc) is 2.81. The van der Waals surface area contributed by atoms with Crippen molar-refractivity contribution in [2.45, 2.75) is 12.6 Å². The minimum absolute atomic E-state index is 0.132. The van der Waals surface area contributed by atoms with Gasteiger partial charge >= 0.3 is 12.1 Å². The topological polar surface area (TPSA) is 98.9 Å². The molecule has 1 fully saturated rings. The van der Waals surface area contributed by atoms with Gasteiger partial charge in [0.25, 0.3) is 11.9 Å². The van der Waals surface area contributed by atoms with Crippen LogP contribution in [0.1, 0.15) is 16.9 Å². The normalized spacial score (nSPS) is 15.1. The molecule has 1 aliphatic heterocycles. The molecule has 0 aliphatic carbocycles. The van der Waals surface area contributed by atoms with E-state index < -0.39 is 12.1 Å². The van der Waals surface area contributed by atoms with Crippen LogP contribution < -0.4 is 10.2 Å². The van der Waals surface area contributed by atoms with Crippen LogP contribution in [0.2, 0.25) is 0 Å². The number of hydrogen-bond acceptors (Lipinski definition) is 6. The van der Waals surface area contributed by atoms with Crippen LogP contribution in [0.15, 0.2) is 10.7 Å². The first kappa shape index (κ1) is 19.7. The van der Waals surface area contributed by atoms with Crippen LogP contribution in [0.3, 0.4) is 0 Å². The molecule has 1 amide bonds. The first-order valence-electron chi connectivity index (χ1n) is 7.06. The number of nitrogens with one attached hydrogen (secondary N) is 1. The van der Waals surface area contributed by atoms with Crippen LogP contribution in [-0.4, -0.2) is 73.3 Å². The molecule has 1 aliphatic rings. The maximum Gasteiger partial charge on any atom is 0.490 e. The van der Waals surface area contributed by atoms with E-state index in [0.717, 1.165) is 32.6 Å². The smallest absolute Gasteiger partial charge is 0.475 e. The van der Waals surface area contributed by atoms with Gasteiger partial charge in [0.2, 0.25) is 0 Å². The summed E-state index contributed by atoms with van der Waals surface area (Å²) < 4.78 is 37.1. The van der Waals surface area contributed by atoms with E-state index in [-0.39, 0.29) is 5.91 Å². The van der Waals surface area contributed by atoms with Crippen molar-refractivity contribution in [3.8, 4) is 0 Å². The zero-order chi connectivity index (χ0) is 18.3. The van der Waals surface area contributed by atoms with Crippen molar-refractivity contribution >= 4 is 17.9 Å². The molecule has 1 saturated heterocycles. The molecule has 2 heterocycles. The molecule has 1 aromatic heterocycles. The first-order valence-corrected chi connectivity index (χ1v) is 7.06. The number of aromatic nitrogens is 1. The molecule has 0 aromatic carbocycles. The fourth-order valence-electron chi connectivity index (χ4n) is 1.77. The number of aliphatic carboxylic acids is 1. The molecule has 0 unspecified atom stereocenters. The molecule has 2 rings (SSSR count). The number of nitrogens with zero attached hydrogens (tertiary/aromatic N) is 3. The van der Waals surface area contributed by atoms with Crippen LogP contribution in [0.25, 0.3) is 0 Å². The number of rotatable bonds is 2. The maximum atomic E-state index is 11.7. The van der Waals surface area contributed by atoms with E-state index in [1.165, 1.54) is 11.2 Å². The van der Waals surface area contributed by atoms with Gasteiger partial charge in [-0.2, -0.15) is 18.2 Å². The van der Waals surface area contributed by atoms with Gasteiger partial charge in [-0.1, -0.05) is 0 Å². The lowest BCUT2D eigenvalue weighted by Gasteiger charge is -2.16. The highest BCUT2D eigenvalue weighted by molar-refractivity contribution is 5.91. The summed E-state index contributed by atoms with van der Waals surface area (Å²) in [6.45, 7) is 3.69. The Balaban J connectivity index is 0.000000351. The summed E-state index contributed by atoms with van der Waals surface area (Å²) in [5, 5.41) is 10.4. The Bertz CT molecular complexity index is 552. The van der Waals surface area contributed by atoms with E-state index in [1.807, 2.05) is 0 Å². The molecule has 2 N–H and O–H groups in total. The number of carbonyl (C=O) groups excluding carboxylic acids is 1. The van der Waals surface area contributed by atoms with E-state index in [4.69, 9.17) is 14.3 Å². The third kappa shape index (κ3) is 6.07. The molecule has 8 nitrogen and oxygen atoms in total. The number of halogens is 3. The molecule has 0 radical (unpaired) electrons. The van der Waals surface area contributed by atoms with Crippen molar-refractivity contribution in [1.82, 2.24) is 15.2 Å². The SMILES string of the molecule is CN(C)C(=O)c1coc(N2CCCNCC2)n1.O=C(O)C(F)(F)F. The largest absolute Gasteiger partial charge is 0.490 e. The molecule has 0 saturated carbocycles. The molecule has 0 bridgehead atoms. The van der Waals surface area contributed by atoms with Gasteiger partial charge in [-0.05, 0) is 13.0 Å². The molecule has 1 aromatic rings. The minimum atomic E-state index is -5.08. The van der Waals surface area contributed by atoms with Gasteiger partial charge in [-0.25, -0.2) is 4.79 Å². The standard InChI is InChI=1S/C11H18N4O2.C2HF3O2/c1-14(2)10(16)9-8-17-11(13-9)15-6-3-4-12-5-7-15;3-2(4,5)1(6)7/h8,12H,3-7H2,1-2H3;(H,6,7). The van der Waals surface area contributed by atoms with Crippen LogP contribution in [0.4, 0.5) is 19.2 Å². The van der Waals surface area contributed by atoms with Gasteiger partial charge in [0, 0.05) is 33.7 Å². The molecule has 0 spiro atoms. The third-order valence-electron chi connectivity index (χ3n) is 2.97. The summed E-state index contributed by atoms with van der Waals surface area (Å²) in [6, 6.07) is 0.541. The Morgan fingerprint density at radius 2 is 1.96 bits per heavy atom. The zero-order valence-electron chi connectivity index (χ0n) is 13.3. The Morgan fingerprint density at radius 3 is 2.50 bits per heavy atom. The van der Waals surface area contributed by atoms with E-state index in [9.17, 15) is 18.0 Å². The summed E-state index contributed by atoms with van der Waals surface area (Å²) in [5.41, 5.74) is 0.363. The molecule has 0 atom stereocenters. The van der Waals surface area contributed by atoms with E-state index in [2.05, 4.69) is 15.2 Å². The highest BCUT2D eigenvalue weighted by Crippen LogP contribution is 2.15. The minimum Gasteiger partial charge on any atom is -0.475 e. The highest BCUT2D eigenvalue weighted by atomic mass is 19.4. The summed E-state index contributed by atoms with van der Waals surface area (Å²) >= 11 is 0. The van der Waals surface area contributed by atoms with E-state index in [1.54, 1.807) is 14.1 Å². The van der Waals surface area contributed by atoms with Crippen molar-refractivity contribution in [2.24, 2.45) is 0 Å². The van der Waals surface area contributed by atoms with E-state index >= 15 is 0 Å². The number of anilines is 1. The lowest BCUT2D eigenvalue weighted by atomic mass is 10.4. The lowest BCUT2D eigenvalue weighted by molar-refractivity contribution is -0.192. The van der Waals surface area contributed by atoms with Gasteiger partial charge in [0.1, 0.15) is 6.26 Å². The predicted octanol–water partition coefficient (Wildman–Crippen LogP) is 0.809. The fraction of sp³-hybridized carbons (Fsp3) is 0.615. The lowest BCUT2D eigenvalue weighted by Crippen LogP contribution is -2.28. The van der Waals surface area contributed by atoms with Crippen molar-refractivity contribution in [2.75, 3.05) is 45.2 Å². The summed E-state index contributed by atoms with van der Waals surface area (Å²) in [4.78, 5) is 28.4. The molecule has 136 valence electrons. The summed E-state index contributed by atoms with van der Waals surface area (Å²) in [7, 11) is 3.40. The van der Waals surface area contributed by atoms with Crippen molar-refractivity contribution in [3.63, 3.8) is 0 Å². The zero-order valence-corrected chi connectivity index (χ0v) is 13.3. The number of hydrogen-bond donors (Lipinski definition) is 2. The Labute approximate surface area is 136 Å². The summed E-state index contributed by atoms with van der Waals surface area (Å²) in [5.74, 6) is -2.89. The summed E-state index contributed by atoms with van der Waals surface area (Å²) in [6.07, 6.45) is -2.60.